The number of aromatic amines is 1. The van der Waals surface area contributed by atoms with E-state index < -0.39 is 0 Å². The lowest BCUT2D eigenvalue weighted by molar-refractivity contribution is 0.0938. The molecule has 0 unspecified atom stereocenters. The summed E-state index contributed by atoms with van der Waals surface area (Å²) in [5.41, 5.74) is 3.68. The molecule has 178 valence electrons. The number of piperazine rings is 1. The van der Waals surface area contributed by atoms with E-state index in [9.17, 15) is 4.79 Å². The number of fused-ring (bicyclic) bond motifs is 2. The van der Waals surface area contributed by atoms with Crippen molar-refractivity contribution < 1.29 is 4.79 Å². The van der Waals surface area contributed by atoms with Gasteiger partial charge < -0.3 is 20.1 Å². The summed E-state index contributed by atoms with van der Waals surface area (Å²) in [6.07, 6.45) is 6.15. The van der Waals surface area contributed by atoms with E-state index in [1.54, 1.807) is 11.3 Å². The number of rotatable bonds is 8. The smallest absolute Gasteiger partial charge is 0.261 e. The minimum Gasteiger partial charge on any atom is -0.369 e. The summed E-state index contributed by atoms with van der Waals surface area (Å²) in [6, 6.07) is 17.2. The SMILES string of the molecule is CCCC[C@@H](Cc1c[nH]c2ccccc12)NC(=O)c1cc2ccc(N3CCN(C)CC3)cc2s1. The number of thiophene rings is 1. The van der Waals surface area contributed by atoms with Crippen LogP contribution in [-0.4, -0.2) is 55.1 Å². The van der Waals surface area contributed by atoms with Gasteiger partial charge in [0.1, 0.15) is 0 Å². The van der Waals surface area contributed by atoms with Crippen LogP contribution in [0.15, 0.2) is 54.7 Å². The number of hydrogen-bond acceptors (Lipinski definition) is 4. The molecule has 0 saturated carbocycles. The maximum atomic E-state index is 13.3. The highest BCUT2D eigenvalue weighted by molar-refractivity contribution is 7.20. The molecule has 4 aromatic rings. The van der Waals surface area contributed by atoms with Crippen molar-refractivity contribution in [1.29, 1.82) is 0 Å². The third-order valence-corrected chi connectivity index (χ3v) is 8.08. The van der Waals surface area contributed by atoms with Crippen LogP contribution in [0.1, 0.15) is 41.4 Å². The van der Waals surface area contributed by atoms with Crippen molar-refractivity contribution in [3.63, 3.8) is 0 Å². The van der Waals surface area contributed by atoms with Gasteiger partial charge in [0.15, 0.2) is 0 Å². The molecule has 1 amide bonds. The second-order valence-electron chi connectivity index (χ2n) is 9.50. The van der Waals surface area contributed by atoms with Gasteiger partial charge in [0, 0.05) is 59.7 Å². The number of unbranched alkanes of at least 4 members (excludes halogenated alkanes) is 1. The molecule has 2 N–H and O–H groups in total. The Morgan fingerprint density at radius 2 is 1.94 bits per heavy atom. The van der Waals surface area contributed by atoms with Gasteiger partial charge >= 0.3 is 0 Å². The fourth-order valence-corrected chi connectivity index (χ4v) is 5.89. The molecule has 34 heavy (non-hydrogen) atoms. The maximum absolute atomic E-state index is 13.3. The van der Waals surface area contributed by atoms with Gasteiger partial charge in [0.25, 0.3) is 5.91 Å². The van der Waals surface area contributed by atoms with E-state index in [2.05, 4.69) is 82.7 Å². The topological polar surface area (TPSA) is 51.4 Å². The van der Waals surface area contributed by atoms with Crippen molar-refractivity contribution in [3.8, 4) is 0 Å². The summed E-state index contributed by atoms with van der Waals surface area (Å²) in [4.78, 5) is 22.3. The van der Waals surface area contributed by atoms with E-state index in [-0.39, 0.29) is 11.9 Å². The van der Waals surface area contributed by atoms with Crippen LogP contribution in [0.25, 0.3) is 21.0 Å². The third kappa shape index (κ3) is 4.98. The van der Waals surface area contributed by atoms with Crippen LogP contribution in [0.5, 0.6) is 0 Å². The summed E-state index contributed by atoms with van der Waals surface area (Å²) in [5.74, 6) is 0.0447. The number of para-hydroxylation sites is 1. The zero-order chi connectivity index (χ0) is 23.5. The highest BCUT2D eigenvalue weighted by Gasteiger charge is 2.19. The standard InChI is InChI=1S/C28H34N4OS/c1-3-4-7-22(16-21-19-29-25-9-6-5-8-24(21)25)30-28(33)27-17-20-10-11-23(18-26(20)34-27)32-14-12-31(2)13-15-32/h5-6,8-11,17-19,22,29H,3-4,7,12-16H2,1-2H3,(H,30,33)/t22-/m0/s1. The van der Waals surface area contributed by atoms with E-state index in [0.29, 0.717) is 0 Å². The van der Waals surface area contributed by atoms with Gasteiger partial charge in [-0.05, 0) is 55.1 Å². The fourth-order valence-electron chi connectivity index (χ4n) is 4.89. The number of aromatic nitrogens is 1. The van der Waals surface area contributed by atoms with Crippen molar-refractivity contribution in [3.05, 3.63) is 65.2 Å². The van der Waals surface area contributed by atoms with Crippen LogP contribution < -0.4 is 10.2 Å². The lowest BCUT2D eigenvalue weighted by Crippen LogP contribution is -2.44. The van der Waals surface area contributed by atoms with E-state index in [4.69, 9.17) is 0 Å². The average molecular weight is 475 g/mol. The lowest BCUT2D eigenvalue weighted by atomic mass is 10.0. The molecular formula is C28H34N4OS. The zero-order valence-corrected chi connectivity index (χ0v) is 21.0. The summed E-state index contributed by atoms with van der Waals surface area (Å²) < 4.78 is 1.18. The molecule has 5 nitrogen and oxygen atoms in total. The molecule has 2 aromatic heterocycles. The van der Waals surface area contributed by atoms with Crippen LogP contribution in [0.4, 0.5) is 5.69 Å². The third-order valence-electron chi connectivity index (χ3n) is 6.98. The van der Waals surface area contributed by atoms with Crippen molar-refractivity contribution in [2.45, 2.75) is 38.6 Å². The summed E-state index contributed by atoms with van der Waals surface area (Å²) in [5, 5.41) is 5.75. The van der Waals surface area contributed by atoms with E-state index in [1.807, 2.05) is 6.07 Å². The summed E-state index contributed by atoms with van der Waals surface area (Å²) >= 11 is 1.61. The minimum atomic E-state index is 0.0447. The average Bonchev–Trinajstić information content (AvgIpc) is 3.47. The molecule has 1 fully saturated rings. The molecule has 0 aliphatic carbocycles. The Morgan fingerprint density at radius 1 is 1.12 bits per heavy atom. The highest BCUT2D eigenvalue weighted by atomic mass is 32.1. The number of carbonyl (C=O) groups is 1. The molecule has 1 atom stereocenters. The van der Waals surface area contributed by atoms with Crippen LogP contribution >= 0.6 is 11.3 Å². The number of anilines is 1. The van der Waals surface area contributed by atoms with Gasteiger partial charge in [-0.3, -0.25) is 4.79 Å². The quantitative estimate of drug-likeness (QED) is 0.346. The lowest BCUT2D eigenvalue weighted by Gasteiger charge is -2.34. The molecular weight excluding hydrogens is 440 g/mol. The summed E-state index contributed by atoms with van der Waals surface area (Å²) in [6.45, 7) is 6.48. The monoisotopic (exact) mass is 474 g/mol. The van der Waals surface area contributed by atoms with E-state index in [1.165, 1.54) is 21.3 Å². The van der Waals surface area contributed by atoms with Gasteiger partial charge in [0.05, 0.1) is 4.88 Å². The number of H-pyrrole nitrogens is 1. The number of likely N-dealkylation sites (N-methyl/N-ethyl adjacent to an activating group) is 1. The Morgan fingerprint density at radius 3 is 2.76 bits per heavy atom. The number of nitrogens with zero attached hydrogens (tertiary/aromatic N) is 2. The first-order valence-electron chi connectivity index (χ1n) is 12.4. The predicted molar refractivity (Wildman–Crippen MR) is 144 cm³/mol. The summed E-state index contributed by atoms with van der Waals surface area (Å²) in [7, 11) is 2.18. The van der Waals surface area contributed by atoms with Gasteiger partial charge in [0.2, 0.25) is 0 Å². The van der Waals surface area contributed by atoms with Crippen molar-refractivity contribution in [2.24, 2.45) is 0 Å². The Kier molecular flexibility index (Phi) is 6.88. The first-order valence-corrected chi connectivity index (χ1v) is 13.3. The molecule has 0 spiro atoms. The zero-order valence-electron chi connectivity index (χ0n) is 20.1. The first-order chi connectivity index (χ1) is 16.6. The highest BCUT2D eigenvalue weighted by Crippen LogP contribution is 2.30. The number of benzene rings is 2. The van der Waals surface area contributed by atoms with Gasteiger partial charge in [-0.25, -0.2) is 0 Å². The van der Waals surface area contributed by atoms with Gasteiger partial charge in [-0.1, -0.05) is 44.0 Å². The molecule has 1 aliphatic rings. The number of hydrogen-bond donors (Lipinski definition) is 2. The van der Waals surface area contributed by atoms with Gasteiger partial charge in [-0.15, -0.1) is 11.3 Å². The van der Waals surface area contributed by atoms with Crippen LogP contribution in [0.3, 0.4) is 0 Å². The number of nitrogens with one attached hydrogen (secondary N) is 2. The molecule has 2 aromatic carbocycles. The predicted octanol–water partition coefficient (Wildman–Crippen LogP) is 5.67. The van der Waals surface area contributed by atoms with Crippen LogP contribution in [0, 0.1) is 0 Å². The Hall–Kier alpha value is -2.83. The van der Waals surface area contributed by atoms with Crippen molar-refractivity contribution in [1.82, 2.24) is 15.2 Å². The Bertz CT molecular complexity index is 1270. The molecule has 0 radical (unpaired) electrons. The molecule has 3 heterocycles. The van der Waals surface area contributed by atoms with Gasteiger partial charge in [-0.2, -0.15) is 0 Å². The maximum Gasteiger partial charge on any atom is 0.261 e. The fraction of sp³-hybridized carbons (Fsp3) is 0.393. The first kappa shape index (κ1) is 22.9. The Labute approximate surface area is 205 Å². The molecule has 1 aliphatic heterocycles. The molecule has 0 bridgehead atoms. The Balaban J connectivity index is 1.31. The van der Waals surface area contributed by atoms with E-state index in [0.717, 1.165) is 67.6 Å². The van der Waals surface area contributed by atoms with Crippen molar-refractivity contribution in [2.75, 3.05) is 38.1 Å². The van der Waals surface area contributed by atoms with Crippen LogP contribution in [-0.2, 0) is 6.42 Å². The molecule has 6 heteroatoms. The van der Waals surface area contributed by atoms with E-state index >= 15 is 0 Å². The second kappa shape index (κ2) is 10.2. The molecule has 5 rings (SSSR count). The minimum absolute atomic E-state index is 0.0447. The normalized spacial score (nSPS) is 15.8. The number of carbonyl (C=O) groups excluding carboxylic acids is 1. The van der Waals surface area contributed by atoms with Crippen LogP contribution in [0.2, 0.25) is 0 Å². The largest absolute Gasteiger partial charge is 0.369 e. The molecule has 1 saturated heterocycles. The van der Waals surface area contributed by atoms with Crippen molar-refractivity contribution >= 4 is 43.9 Å². The number of amides is 1. The second-order valence-corrected chi connectivity index (χ2v) is 10.6.